The quantitative estimate of drug-likeness (QED) is 0.581. The first kappa shape index (κ1) is 6.64. The summed E-state index contributed by atoms with van der Waals surface area (Å²) in [6.45, 7) is 1.75. The second-order valence-corrected chi connectivity index (χ2v) is 3.21. The van der Waals surface area contributed by atoms with Gasteiger partial charge in [-0.2, -0.15) is 0 Å². The number of nitrogens with one attached hydrogen (secondary N) is 1. The lowest BCUT2D eigenvalue weighted by atomic mass is 10.4. The number of hydrogen-bond acceptors (Lipinski definition) is 3. The van der Waals surface area contributed by atoms with E-state index >= 15 is 0 Å². The van der Waals surface area contributed by atoms with Gasteiger partial charge in [0.2, 0.25) is 0 Å². The number of hydrogen-bond donors (Lipinski definition) is 1. The molecule has 0 spiro atoms. The van der Waals surface area contributed by atoms with E-state index in [2.05, 4.69) is 4.98 Å². The molecule has 48 valence electrons. The van der Waals surface area contributed by atoms with E-state index in [1.54, 1.807) is 12.3 Å². The predicted molar refractivity (Wildman–Crippen MR) is 40.5 cm³/mol. The van der Waals surface area contributed by atoms with Crippen molar-refractivity contribution in [3.8, 4) is 0 Å². The molecule has 4 heteroatoms. The van der Waals surface area contributed by atoms with Gasteiger partial charge in [-0.25, -0.2) is 0 Å². The fraction of sp³-hybridized carbons (Fsp3) is 0.200. The summed E-state index contributed by atoms with van der Waals surface area (Å²) >= 11 is 6.09. The van der Waals surface area contributed by atoms with Crippen molar-refractivity contribution >= 4 is 23.6 Å². The van der Waals surface area contributed by atoms with Crippen LogP contribution in [0.3, 0.4) is 0 Å². The van der Waals surface area contributed by atoms with Crippen molar-refractivity contribution in [3.05, 3.63) is 25.3 Å². The Hall–Kier alpha value is -0.480. The molecule has 0 aromatic carbocycles. The van der Waals surface area contributed by atoms with E-state index in [0.29, 0.717) is 9.52 Å². The van der Waals surface area contributed by atoms with Crippen molar-refractivity contribution in [2.45, 2.75) is 6.92 Å². The lowest BCUT2D eigenvalue weighted by molar-refractivity contribution is 1.21. The van der Waals surface area contributed by atoms with Crippen LogP contribution in [0.5, 0.6) is 0 Å². The zero-order valence-corrected chi connectivity index (χ0v) is 6.44. The van der Waals surface area contributed by atoms with Crippen molar-refractivity contribution in [2.75, 3.05) is 0 Å². The molecule has 0 atom stereocenters. The van der Waals surface area contributed by atoms with Gasteiger partial charge in [-0.05, 0) is 19.1 Å². The van der Waals surface area contributed by atoms with Crippen molar-refractivity contribution in [1.29, 1.82) is 0 Å². The van der Waals surface area contributed by atoms with Crippen LogP contribution in [0.15, 0.2) is 10.2 Å². The highest BCUT2D eigenvalue weighted by Gasteiger charge is 1.87. The first-order valence-corrected chi connectivity index (χ1v) is 3.67. The Labute approximate surface area is 61.2 Å². The molecule has 0 unspecified atom stereocenters. The van der Waals surface area contributed by atoms with E-state index < -0.39 is 0 Å². The maximum Gasteiger partial charge on any atom is 0.253 e. The summed E-state index contributed by atoms with van der Waals surface area (Å²) in [5, 5.41) is 1.75. The van der Waals surface area contributed by atoms with Gasteiger partial charge in [-0.1, -0.05) is 0 Å². The van der Waals surface area contributed by atoms with E-state index in [1.165, 1.54) is 11.3 Å². The maximum absolute atomic E-state index is 10.7. The fourth-order valence-corrected chi connectivity index (χ4v) is 1.20. The molecule has 1 rings (SSSR count). The molecule has 0 fully saturated rings. The molecular weight excluding hydrogens is 154 g/mol. The number of aromatic amines is 1. The Bertz CT molecular complexity index is 311. The van der Waals surface area contributed by atoms with Crippen molar-refractivity contribution in [1.82, 2.24) is 4.98 Å². The van der Waals surface area contributed by atoms with Crippen molar-refractivity contribution in [3.63, 3.8) is 0 Å². The third-order valence-corrected chi connectivity index (χ3v) is 2.09. The van der Waals surface area contributed by atoms with Crippen LogP contribution in [0.2, 0.25) is 0 Å². The second kappa shape index (κ2) is 2.41. The minimum Gasteiger partial charge on any atom is -0.305 e. The van der Waals surface area contributed by atoms with Gasteiger partial charge in [0, 0.05) is 10.9 Å². The standard InChI is InChI=1S/C5H5NOS2/c1-3-2-9-5(8)6-4(3)7/h2H,1H3,(H,6,7,8). The SMILES string of the molecule is Cc1csc(=S)[nH]c1=O. The normalized spacial score (nSPS) is 9.44. The van der Waals surface area contributed by atoms with Crippen LogP contribution in [0.25, 0.3) is 0 Å². The summed E-state index contributed by atoms with van der Waals surface area (Å²) in [5.41, 5.74) is 0.632. The zero-order valence-electron chi connectivity index (χ0n) is 4.80. The Kier molecular flexibility index (Phi) is 1.78. The average molecular weight is 159 g/mol. The molecule has 0 amide bonds. The van der Waals surface area contributed by atoms with Crippen LogP contribution < -0.4 is 5.56 Å². The Morgan fingerprint density at radius 3 is 2.89 bits per heavy atom. The molecule has 0 radical (unpaired) electrons. The van der Waals surface area contributed by atoms with Crippen LogP contribution in [0.4, 0.5) is 0 Å². The summed E-state index contributed by atoms with van der Waals surface area (Å²) in [6.07, 6.45) is 0. The molecule has 0 aliphatic rings. The highest BCUT2D eigenvalue weighted by Crippen LogP contribution is 1.94. The Morgan fingerprint density at radius 2 is 2.44 bits per heavy atom. The smallest absolute Gasteiger partial charge is 0.253 e. The lowest BCUT2D eigenvalue weighted by Gasteiger charge is -1.84. The molecule has 0 aliphatic heterocycles. The van der Waals surface area contributed by atoms with Gasteiger partial charge in [-0.3, -0.25) is 4.79 Å². The summed E-state index contributed by atoms with van der Waals surface area (Å²) in [5.74, 6) is 0. The van der Waals surface area contributed by atoms with Gasteiger partial charge in [0.05, 0.1) is 0 Å². The molecule has 0 saturated carbocycles. The van der Waals surface area contributed by atoms with E-state index in [4.69, 9.17) is 12.2 Å². The first-order chi connectivity index (χ1) is 4.20. The molecule has 1 heterocycles. The molecule has 9 heavy (non-hydrogen) atoms. The van der Waals surface area contributed by atoms with Gasteiger partial charge in [-0.15, -0.1) is 11.3 Å². The molecule has 1 N–H and O–H groups in total. The van der Waals surface area contributed by atoms with E-state index in [1.807, 2.05) is 0 Å². The first-order valence-electron chi connectivity index (χ1n) is 2.39. The zero-order chi connectivity index (χ0) is 6.85. The van der Waals surface area contributed by atoms with Crippen LogP contribution in [0, 0.1) is 10.9 Å². The molecular formula is C5H5NOS2. The Balaban J connectivity index is 3.52. The minimum absolute atomic E-state index is 0.0845. The van der Waals surface area contributed by atoms with E-state index in [0.717, 1.165) is 0 Å². The summed E-state index contributed by atoms with van der Waals surface area (Å²) in [7, 11) is 0. The molecule has 0 bridgehead atoms. The molecule has 1 aromatic rings. The monoisotopic (exact) mass is 159 g/mol. The van der Waals surface area contributed by atoms with Gasteiger partial charge >= 0.3 is 0 Å². The highest BCUT2D eigenvalue weighted by molar-refractivity contribution is 7.73. The number of aryl methyl sites for hydroxylation is 1. The van der Waals surface area contributed by atoms with Crippen LogP contribution in [-0.2, 0) is 0 Å². The van der Waals surface area contributed by atoms with E-state index in [-0.39, 0.29) is 5.56 Å². The molecule has 1 aromatic heterocycles. The van der Waals surface area contributed by atoms with Crippen molar-refractivity contribution < 1.29 is 0 Å². The minimum atomic E-state index is -0.0845. The van der Waals surface area contributed by atoms with Gasteiger partial charge in [0.15, 0.2) is 3.95 Å². The third kappa shape index (κ3) is 1.46. The predicted octanol–water partition coefficient (Wildman–Crippen LogP) is 1.47. The van der Waals surface area contributed by atoms with Crippen LogP contribution >= 0.6 is 23.6 Å². The average Bonchev–Trinajstić information content (AvgIpc) is 1.80. The second-order valence-electron chi connectivity index (χ2n) is 1.66. The van der Waals surface area contributed by atoms with Crippen molar-refractivity contribution in [2.24, 2.45) is 0 Å². The summed E-state index contributed by atoms with van der Waals surface area (Å²) in [6, 6.07) is 0. The van der Waals surface area contributed by atoms with Gasteiger partial charge in [0.25, 0.3) is 5.56 Å². The number of rotatable bonds is 0. The van der Waals surface area contributed by atoms with E-state index in [9.17, 15) is 4.79 Å². The van der Waals surface area contributed by atoms with Crippen LogP contribution in [-0.4, -0.2) is 4.98 Å². The summed E-state index contributed by atoms with van der Waals surface area (Å²) < 4.78 is 0.533. The topological polar surface area (TPSA) is 32.9 Å². The number of H-pyrrole nitrogens is 1. The summed E-state index contributed by atoms with van der Waals surface area (Å²) in [4.78, 5) is 13.2. The van der Waals surface area contributed by atoms with Gasteiger partial charge in [0.1, 0.15) is 0 Å². The largest absolute Gasteiger partial charge is 0.305 e. The number of aromatic nitrogens is 1. The van der Waals surface area contributed by atoms with Gasteiger partial charge < -0.3 is 4.98 Å². The lowest BCUT2D eigenvalue weighted by Crippen LogP contribution is -2.06. The third-order valence-electron chi connectivity index (χ3n) is 0.916. The Morgan fingerprint density at radius 1 is 1.78 bits per heavy atom. The fourth-order valence-electron chi connectivity index (χ4n) is 0.416. The molecule has 0 saturated heterocycles. The highest BCUT2D eigenvalue weighted by atomic mass is 32.1. The maximum atomic E-state index is 10.7. The molecule has 0 aliphatic carbocycles. The van der Waals surface area contributed by atoms with Crippen LogP contribution in [0.1, 0.15) is 5.56 Å². The molecule has 2 nitrogen and oxygen atoms in total.